The van der Waals surface area contributed by atoms with Gasteiger partial charge in [-0.1, -0.05) is 0 Å². The molecule has 3 heterocycles. The van der Waals surface area contributed by atoms with Crippen molar-refractivity contribution in [3.8, 4) is 11.6 Å². The van der Waals surface area contributed by atoms with Gasteiger partial charge in [0.1, 0.15) is 23.0 Å². The summed E-state index contributed by atoms with van der Waals surface area (Å²) in [6, 6.07) is 5.36. The van der Waals surface area contributed by atoms with Crippen LogP contribution in [0.15, 0.2) is 24.4 Å². The molecule has 2 aromatic heterocycles. The van der Waals surface area contributed by atoms with E-state index in [1.165, 1.54) is 0 Å². The van der Waals surface area contributed by atoms with E-state index in [0.717, 1.165) is 5.52 Å². The summed E-state index contributed by atoms with van der Waals surface area (Å²) >= 11 is 0. The molecule has 1 saturated heterocycles. The number of hydrogen-bond acceptors (Lipinski definition) is 6. The molecule has 1 aliphatic heterocycles. The monoisotopic (exact) mass is 331 g/mol. The predicted molar refractivity (Wildman–Crippen MR) is 88.3 cm³/mol. The maximum Gasteiger partial charge on any atom is 0.410 e. The summed E-state index contributed by atoms with van der Waals surface area (Å²) in [4.78, 5) is 22.2. The van der Waals surface area contributed by atoms with E-state index in [2.05, 4.69) is 9.97 Å². The lowest BCUT2D eigenvalue weighted by Gasteiger charge is -2.39. The highest BCUT2D eigenvalue weighted by Crippen LogP contribution is 2.27. The Labute approximate surface area is 140 Å². The Balaban J connectivity index is 1.66. The molecule has 1 aliphatic rings. The van der Waals surface area contributed by atoms with Crippen molar-refractivity contribution >= 4 is 17.1 Å². The molecule has 0 spiro atoms. The van der Waals surface area contributed by atoms with Gasteiger partial charge in [-0.2, -0.15) is 0 Å². The molecule has 0 aromatic carbocycles. The van der Waals surface area contributed by atoms with Gasteiger partial charge in [0.15, 0.2) is 0 Å². The molecule has 1 fully saturated rings. The number of carbonyl (C=O) groups excluding carboxylic acids is 1. The first-order valence-corrected chi connectivity index (χ1v) is 7.80. The van der Waals surface area contributed by atoms with Gasteiger partial charge in [-0.05, 0) is 26.8 Å². The molecule has 0 radical (unpaired) electrons. The van der Waals surface area contributed by atoms with Crippen molar-refractivity contribution in [2.45, 2.75) is 32.5 Å². The molecule has 7 nitrogen and oxygen atoms in total. The SMILES string of the molecule is COc1ccc2nccc(OC3CN(C(=O)OC(C)(C)C)C3)c2n1. The molecule has 1 amide bonds. The predicted octanol–water partition coefficient (Wildman–Crippen LogP) is 2.64. The minimum absolute atomic E-state index is 0.0869. The summed E-state index contributed by atoms with van der Waals surface area (Å²) in [6.07, 6.45) is 1.27. The van der Waals surface area contributed by atoms with Gasteiger partial charge in [0.05, 0.1) is 25.7 Å². The fraction of sp³-hybridized carbons (Fsp3) is 0.471. The number of nitrogens with zero attached hydrogens (tertiary/aromatic N) is 3. The van der Waals surface area contributed by atoms with Gasteiger partial charge in [0, 0.05) is 18.3 Å². The smallest absolute Gasteiger partial charge is 0.410 e. The number of aromatic nitrogens is 2. The van der Waals surface area contributed by atoms with Gasteiger partial charge in [0.2, 0.25) is 5.88 Å². The van der Waals surface area contributed by atoms with Crippen LogP contribution in [-0.2, 0) is 4.74 Å². The Hall–Kier alpha value is -2.57. The fourth-order valence-electron chi connectivity index (χ4n) is 2.36. The lowest BCUT2D eigenvalue weighted by molar-refractivity contribution is -0.0218. The number of hydrogen-bond donors (Lipinski definition) is 0. The molecule has 0 bridgehead atoms. The quantitative estimate of drug-likeness (QED) is 0.861. The van der Waals surface area contributed by atoms with E-state index in [0.29, 0.717) is 30.2 Å². The lowest BCUT2D eigenvalue weighted by atomic mass is 10.1. The molecular formula is C17H21N3O4. The van der Waals surface area contributed by atoms with E-state index < -0.39 is 5.60 Å². The van der Waals surface area contributed by atoms with E-state index in [1.54, 1.807) is 30.3 Å². The summed E-state index contributed by atoms with van der Waals surface area (Å²) in [6.45, 7) is 6.52. The Morgan fingerprint density at radius 2 is 2.00 bits per heavy atom. The highest BCUT2D eigenvalue weighted by Gasteiger charge is 2.35. The Bertz CT molecular complexity index is 751. The number of rotatable bonds is 3. The highest BCUT2D eigenvalue weighted by molar-refractivity contribution is 5.81. The van der Waals surface area contributed by atoms with Gasteiger partial charge in [-0.3, -0.25) is 4.98 Å². The second-order valence-electron chi connectivity index (χ2n) is 6.66. The second-order valence-corrected chi connectivity index (χ2v) is 6.66. The average Bonchev–Trinajstić information content (AvgIpc) is 2.48. The number of likely N-dealkylation sites (tertiary alicyclic amines) is 1. The van der Waals surface area contributed by atoms with Gasteiger partial charge >= 0.3 is 6.09 Å². The number of amides is 1. The Morgan fingerprint density at radius 3 is 2.67 bits per heavy atom. The minimum atomic E-state index is -0.495. The van der Waals surface area contributed by atoms with E-state index in [1.807, 2.05) is 26.8 Å². The van der Waals surface area contributed by atoms with Crippen LogP contribution in [0.5, 0.6) is 11.6 Å². The Morgan fingerprint density at radius 1 is 1.25 bits per heavy atom. The van der Waals surface area contributed by atoms with E-state index in [9.17, 15) is 4.79 Å². The highest BCUT2D eigenvalue weighted by atomic mass is 16.6. The normalized spacial score (nSPS) is 15.1. The molecule has 2 aromatic rings. The van der Waals surface area contributed by atoms with Crippen molar-refractivity contribution in [1.82, 2.24) is 14.9 Å². The largest absolute Gasteiger partial charge is 0.484 e. The molecule has 128 valence electrons. The molecule has 0 unspecified atom stereocenters. The Kier molecular flexibility index (Phi) is 4.17. The van der Waals surface area contributed by atoms with Crippen LogP contribution in [0.3, 0.4) is 0 Å². The first-order chi connectivity index (χ1) is 11.4. The fourth-order valence-corrected chi connectivity index (χ4v) is 2.36. The van der Waals surface area contributed by atoms with Crippen LogP contribution in [0.2, 0.25) is 0 Å². The molecule has 0 N–H and O–H groups in total. The van der Waals surface area contributed by atoms with E-state index in [-0.39, 0.29) is 12.2 Å². The molecule has 0 atom stereocenters. The van der Waals surface area contributed by atoms with Crippen molar-refractivity contribution in [1.29, 1.82) is 0 Å². The minimum Gasteiger partial charge on any atom is -0.484 e. The summed E-state index contributed by atoms with van der Waals surface area (Å²) in [5.74, 6) is 1.14. The summed E-state index contributed by atoms with van der Waals surface area (Å²) in [5.41, 5.74) is 0.884. The maximum absolute atomic E-state index is 11.9. The zero-order valence-corrected chi connectivity index (χ0v) is 14.3. The molecule has 0 saturated carbocycles. The third-order valence-corrected chi connectivity index (χ3v) is 3.52. The molecule has 0 aliphatic carbocycles. The number of pyridine rings is 2. The summed E-state index contributed by atoms with van der Waals surface area (Å²) in [7, 11) is 1.57. The third-order valence-electron chi connectivity index (χ3n) is 3.52. The van der Waals surface area contributed by atoms with E-state index >= 15 is 0 Å². The number of methoxy groups -OCH3 is 1. The van der Waals surface area contributed by atoms with Crippen LogP contribution in [0.25, 0.3) is 11.0 Å². The average molecular weight is 331 g/mol. The summed E-state index contributed by atoms with van der Waals surface area (Å²) in [5, 5.41) is 0. The van der Waals surface area contributed by atoms with Crippen LogP contribution >= 0.6 is 0 Å². The van der Waals surface area contributed by atoms with Gasteiger partial charge in [0.25, 0.3) is 0 Å². The van der Waals surface area contributed by atoms with Crippen molar-refractivity contribution < 1.29 is 19.0 Å². The zero-order valence-electron chi connectivity index (χ0n) is 14.3. The lowest BCUT2D eigenvalue weighted by Crippen LogP contribution is -2.57. The van der Waals surface area contributed by atoms with E-state index in [4.69, 9.17) is 14.2 Å². The maximum atomic E-state index is 11.9. The number of carbonyl (C=O) groups is 1. The van der Waals surface area contributed by atoms with Crippen molar-refractivity contribution in [3.63, 3.8) is 0 Å². The van der Waals surface area contributed by atoms with Gasteiger partial charge in [-0.25, -0.2) is 9.78 Å². The number of ether oxygens (including phenoxy) is 3. The third kappa shape index (κ3) is 3.50. The zero-order chi connectivity index (χ0) is 17.3. The molecule has 7 heteroatoms. The topological polar surface area (TPSA) is 73.8 Å². The summed E-state index contributed by atoms with van der Waals surface area (Å²) < 4.78 is 16.5. The first-order valence-electron chi connectivity index (χ1n) is 7.80. The van der Waals surface area contributed by atoms with Crippen molar-refractivity contribution in [2.75, 3.05) is 20.2 Å². The van der Waals surface area contributed by atoms with Gasteiger partial charge < -0.3 is 19.1 Å². The van der Waals surface area contributed by atoms with Crippen LogP contribution in [0.4, 0.5) is 4.79 Å². The van der Waals surface area contributed by atoms with Crippen molar-refractivity contribution in [2.24, 2.45) is 0 Å². The first kappa shape index (κ1) is 16.3. The van der Waals surface area contributed by atoms with Gasteiger partial charge in [-0.15, -0.1) is 0 Å². The standard InChI is InChI=1S/C17H21N3O4/c1-17(2,3)24-16(21)20-9-11(10-20)23-13-7-8-18-12-5-6-14(22-4)19-15(12)13/h5-8,11H,9-10H2,1-4H3. The van der Waals surface area contributed by atoms with Crippen LogP contribution in [0, 0.1) is 0 Å². The number of fused-ring (bicyclic) bond motifs is 1. The van der Waals surface area contributed by atoms with Crippen molar-refractivity contribution in [3.05, 3.63) is 24.4 Å². The molecule has 3 rings (SSSR count). The van der Waals surface area contributed by atoms with Crippen LogP contribution in [-0.4, -0.2) is 52.9 Å². The van der Waals surface area contributed by atoms with Crippen LogP contribution in [0.1, 0.15) is 20.8 Å². The molecule has 24 heavy (non-hydrogen) atoms. The molecular weight excluding hydrogens is 310 g/mol. The van der Waals surface area contributed by atoms with Crippen LogP contribution < -0.4 is 9.47 Å². The second kappa shape index (κ2) is 6.14.